The second-order valence-electron chi connectivity index (χ2n) is 4.39. The predicted molar refractivity (Wildman–Crippen MR) is 79.6 cm³/mol. The zero-order chi connectivity index (χ0) is 15.3. The van der Waals surface area contributed by atoms with Crippen molar-refractivity contribution in [1.29, 1.82) is 0 Å². The van der Waals surface area contributed by atoms with Gasteiger partial charge in [-0.1, -0.05) is 11.6 Å². The van der Waals surface area contributed by atoms with Gasteiger partial charge in [-0.2, -0.15) is 0 Å². The smallest absolute Gasteiger partial charge is 0.337 e. The number of nitrogens with zero attached hydrogens (tertiary/aromatic N) is 2. The fourth-order valence-electron chi connectivity index (χ4n) is 1.98. The fraction of sp³-hybridized carbons (Fsp3) is 0.429. The molecule has 1 amide bonds. The predicted octanol–water partition coefficient (Wildman–Crippen LogP) is 2.34. The van der Waals surface area contributed by atoms with Gasteiger partial charge in [0, 0.05) is 25.2 Å². The van der Waals surface area contributed by atoms with Crippen molar-refractivity contribution in [3.05, 3.63) is 28.8 Å². The number of benzene rings is 1. The van der Waals surface area contributed by atoms with Crippen LogP contribution in [0.1, 0.15) is 24.2 Å². The fourth-order valence-corrected chi connectivity index (χ4v) is 2.15. The summed E-state index contributed by atoms with van der Waals surface area (Å²) in [5, 5.41) is 9.55. The summed E-state index contributed by atoms with van der Waals surface area (Å²) in [5.74, 6) is -1.10. The van der Waals surface area contributed by atoms with Crippen LogP contribution in [0.3, 0.4) is 0 Å². The van der Waals surface area contributed by atoms with Crippen LogP contribution >= 0.6 is 11.6 Å². The molecular formula is C14H19ClN2O3. The SMILES string of the molecule is CCN(CC)C(=O)CN(C)c1ccc(Cl)cc1C(=O)O. The number of carbonyl (C=O) groups is 2. The molecule has 0 aliphatic heterocycles. The van der Waals surface area contributed by atoms with E-state index >= 15 is 0 Å². The summed E-state index contributed by atoms with van der Waals surface area (Å²) >= 11 is 5.81. The van der Waals surface area contributed by atoms with E-state index in [-0.39, 0.29) is 18.0 Å². The Hall–Kier alpha value is -1.75. The molecule has 20 heavy (non-hydrogen) atoms. The standard InChI is InChI=1S/C14H19ClN2O3/c1-4-17(5-2)13(18)9-16(3)12-7-6-10(15)8-11(12)14(19)20/h6-8H,4-5,9H2,1-3H3,(H,19,20). The van der Waals surface area contributed by atoms with Crippen molar-refractivity contribution in [2.45, 2.75) is 13.8 Å². The van der Waals surface area contributed by atoms with Gasteiger partial charge in [0.15, 0.2) is 0 Å². The average molecular weight is 299 g/mol. The van der Waals surface area contributed by atoms with Crippen molar-refractivity contribution >= 4 is 29.2 Å². The molecule has 6 heteroatoms. The van der Waals surface area contributed by atoms with Crippen LogP contribution in [0.2, 0.25) is 5.02 Å². The number of halogens is 1. The summed E-state index contributed by atoms with van der Waals surface area (Å²) in [6.45, 7) is 5.22. The van der Waals surface area contributed by atoms with Crippen LogP contribution in [-0.2, 0) is 4.79 Å². The normalized spacial score (nSPS) is 10.2. The maximum absolute atomic E-state index is 12.0. The van der Waals surface area contributed by atoms with Crippen molar-refractivity contribution in [2.24, 2.45) is 0 Å². The van der Waals surface area contributed by atoms with Gasteiger partial charge < -0.3 is 14.9 Å². The summed E-state index contributed by atoms with van der Waals surface area (Å²) < 4.78 is 0. The molecule has 0 radical (unpaired) electrons. The summed E-state index contributed by atoms with van der Waals surface area (Å²) in [6, 6.07) is 4.61. The van der Waals surface area contributed by atoms with Crippen molar-refractivity contribution in [1.82, 2.24) is 4.90 Å². The first-order chi connectivity index (χ1) is 9.40. The Labute approximate surface area is 123 Å². The quantitative estimate of drug-likeness (QED) is 0.876. The molecule has 1 N–H and O–H groups in total. The molecule has 0 bridgehead atoms. The van der Waals surface area contributed by atoms with Crippen molar-refractivity contribution in [3.63, 3.8) is 0 Å². The van der Waals surface area contributed by atoms with Crippen LogP contribution in [0, 0.1) is 0 Å². The van der Waals surface area contributed by atoms with Crippen molar-refractivity contribution in [2.75, 3.05) is 31.6 Å². The van der Waals surface area contributed by atoms with E-state index in [0.29, 0.717) is 23.8 Å². The van der Waals surface area contributed by atoms with Gasteiger partial charge in [-0.25, -0.2) is 4.79 Å². The number of aromatic carboxylic acids is 1. The number of amides is 1. The molecule has 0 saturated carbocycles. The highest BCUT2D eigenvalue weighted by atomic mass is 35.5. The van der Waals surface area contributed by atoms with Crippen LogP contribution in [0.5, 0.6) is 0 Å². The highest BCUT2D eigenvalue weighted by molar-refractivity contribution is 6.31. The second kappa shape index (κ2) is 7.14. The first kappa shape index (κ1) is 16.3. The molecule has 0 spiro atoms. The lowest BCUT2D eigenvalue weighted by molar-refractivity contribution is -0.129. The van der Waals surface area contributed by atoms with Gasteiger partial charge >= 0.3 is 5.97 Å². The number of hydrogen-bond donors (Lipinski definition) is 1. The third-order valence-corrected chi connectivity index (χ3v) is 3.32. The van der Waals surface area contributed by atoms with E-state index in [9.17, 15) is 14.7 Å². The van der Waals surface area contributed by atoms with E-state index in [0.717, 1.165) is 0 Å². The molecule has 1 rings (SSSR count). The number of carboxylic acids is 1. The number of anilines is 1. The Morgan fingerprint density at radius 1 is 1.25 bits per heavy atom. The van der Waals surface area contributed by atoms with E-state index in [1.807, 2.05) is 13.8 Å². The highest BCUT2D eigenvalue weighted by Gasteiger charge is 2.18. The van der Waals surface area contributed by atoms with Gasteiger partial charge in [0.2, 0.25) is 5.91 Å². The number of hydrogen-bond acceptors (Lipinski definition) is 3. The minimum absolute atomic E-state index is 0.0382. The summed E-state index contributed by atoms with van der Waals surface area (Å²) in [7, 11) is 1.69. The van der Waals surface area contributed by atoms with Gasteiger partial charge in [0.1, 0.15) is 0 Å². The lowest BCUT2D eigenvalue weighted by Gasteiger charge is -2.25. The van der Waals surface area contributed by atoms with Crippen LogP contribution in [0.15, 0.2) is 18.2 Å². The molecule has 1 aromatic carbocycles. The van der Waals surface area contributed by atoms with Crippen LogP contribution in [0.4, 0.5) is 5.69 Å². The zero-order valence-corrected chi connectivity index (χ0v) is 12.6. The minimum Gasteiger partial charge on any atom is -0.478 e. The Bertz CT molecular complexity index is 501. The summed E-state index contributed by atoms with van der Waals surface area (Å²) in [5.41, 5.74) is 0.565. The first-order valence-corrected chi connectivity index (χ1v) is 6.80. The van der Waals surface area contributed by atoms with E-state index in [1.54, 1.807) is 29.0 Å². The number of likely N-dealkylation sites (N-methyl/N-ethyl adjacent to an activating group) is 2. The third kappa shape index (κ3) is 3.87. The number of rotatable bonds is 6. The van der Waals surface area contributed by atoms with Crippen LogP contribution in [-0.4, -0.2) is 48.6 Å². The average Bonchev–Trinajstić information content (AvgIpc) is 2.39. The molecule has 0 unspecified atom stereocenters. The first-order valence-electron chi connectivity index (χ1n) is 6.42. The molecule has 0 aromatic heterocycles. The monoisotopic (exact) mass is 298 g/mol. The van der Waals surface area contributed by atoms with Gasteiger partial charge in [-0.3, -0.25) is 4.79 Å². The van der Waals surface area contributed by atoms with E-state index < -0.39 is 5.97 Å². The molecule has 5 nitrogen and oxygen atoms in total. The van der Waals surface area contributed by atoms with Gasteiger partial charge in [0.25, 0.3) is 0 Å². The maximum Gasteiger partial charge on any atom is 0.337 e. The Kier molecular flexibility index (Phi) is 5.82. The second-order valence-corrected chi connectivity index (χ2v) is 4.83. The lowest BCUT2D eigenvalue weighted by atomic mass is 10.1. The van der Waals surface area contributed by atoms with Gasteiger partial charge in [-0.05, 0) is 32.0 Å². The molecule has 0 heterocycles. The Morgan fingerprint density at radius 2 is 1.85 bits per heavy atom. The third-order valence-electron chi connectivity index (χ3n) is 3.09. The van der Waals surface area contributed by atoms with Gasteiger partial charge in [0.05, 0.1) is 17.8 Å². The van der Waals surface area contributed by atoms with Crippen LogP contribution in [0.25, 0.3) is 0 Å². The molecular weight excluding hydrogens is 280 g/mol. The lowest BCUT2D eigenvalue weighted by Crippen LogP contribution is -2.39. The van der Waals surface area contributed by atoms with E-state index in [4.69, 9.17) is 11.6 Å². The maximum atomic E-state index is 12.0. The van der Waals surface area contributed by atoms with E-state index in [1.165, 1.54) is 6.07 Å². The Balaban J connectivity index is 2.95. The zero-order valence-electron chi connectivity index (χ0n) is 11.9. The minimum atomic E-state index is -1.07. The summed E-state index contributed by atoms with van der Waals surface area (Å²) in [4.78, 5) is 26.6. The van der Waals surface area contributed by atoms with Gasteiger partial charge in [-0.15, -0.1) is 0 Å². The molecule has 0 aliphatic rings. The Morgan fingerprint density at radius 3 is 2.35 bits per heavy atom. The molecule has 0 aliphatic carbocycles. The topological polar surface area (TPSA) is 60.9 Å². The summed E-state index contributed by atoms with van der Waals surface area (Å²) in [6.07, 6.45) is 0. The van der Waals surface area contributed by atoms with Crippen molar-refractivity contribution < 1.29 is 14.7 Å². The highest BCUT2D eigenvalue weighted by Crippen LogP contribution is 2.23. The number of carboxylic acid groups (broad SMARTS) is 1. The molecule has 1 aromatic rings. The molecule has 0 fully saturated rings. The van der Waals surface area contributed by atoms with Crippen molar-refractivity contribution in [3.8, 4) is 0 Å². The number of carbonyl (C=O) groups excluding carboxylic acids is 1. The van der Waals surface area contributed by atoms with Crippen LogP contribution < -0.4 is 4.90 Å². The molecule has 110 valence electrons. The molecule has 0 saturated heterocycles. The molecule has 0 atom stereocenters. The largest absolute Gasteiger partial charge is 0.478 e. The van der Waals surface area contributed by atoms with E-state index in [2.05, 4.69) is 0 Å².